The molecule has 2 bridgehead atoms. The van der Waals surface area contributed by atoms with Crippen molar-refractivity contribution in [2.45, 2.75) is 94.8 Å². The number of phenolic OH excluding ortho intramolecular Hbond substituents is 1. The molecule has 6 nitrogen and oxygen atoms in total. The van der Waals surface area contributed by atoms with E-state index in [4.69, 9.17) is 0 Å². The highest BCUT2D eigenvalue weighted by atomic mass is 16.4. The smallest absolute Gasteiger partial charge is 0.307 e. The largest absolute Gasteiger partial charge is 0.511 e. The highest BCUT2D eigenvalue weighted by Crippen LogP contribution is 2.53. The molecule has 4 aliphatic carbocycles. The van der Waals surface area contributed by atoms with Crippen molar-refractivity contribution in [2.24, 2.45) is 35.5 Å². The number of benzene rings is 3. The fourth-order valence-electron chi connectivity index (χ4n) is 10.6. The van der Waals surface area contributed by atoms with E-state index in [9.17, 15) is 30.0 Å². The summed E-state index contributed by atoms with van der Waals surface area (Å²) in [6.07, 6.45) is 20.8. The summed E-state index contributed by atoms with van der Waals surface area (Å²) < 4.78 is 0. The lowest BCUT2D eigenvalue weighted by molar-refractivity contribution is -0.145. The number of aliphatic hydroxyl groups is 2. The summed E-state index contributed by atoms with van der Waals surface area (Å²) in [4.78, 5) is 25.3. The average molecular weight is 729 g/mol. The second-order valence-corrected chi connectivity index (χ2v) is 16.6. The van der Waals surface area contributed by atoms with Crippen LogP contribution in [0.4, 0.5) is 0 Å². The molecule has 0 saturated heterocycles. The van der Waals surface area contributed by atoms with Gasteiger partial charge in [-0.25, -0.2) is 0 Å². The van der Waals surface area contributed by atoms with Crippen LogP contribution < -0.4 is 10.4 Å². The van der Waals surface area contributed by atoms with Gasteiger partial charge in [0.2, 0.25) is 0 Å². The molecule has 4 aliphatic rings. The molecule has 6 heteroatoms. The van der Waals surface area contributed by atoms with Crippen LogP contribution in [-0.4, -0.2) is 39.3 Å². The molecule has 0 aromatic heterocycles. The van der Waals surface area contributed by atoms with Crippen molar-refractivity contribution in [3.8, 4) is 5.75 Å². The van der Waals surface area contributed by atoms with Crippen molar-refractivity contribution in [2.75, 3.05) is 6.61 Å². The topological polar surface area (TPSA) is 115 Å². The molecule has 7 rings (SSSR count). The van der Waals surface area contributed by atoms with Crippen molar-refractivity contribution in [3.05, 3.63) is 124 Å². The number of hydrogen-bond acceptors (Lipinski definition) is 5. The summed E-state index contributed by atoms with van der Waals surface area (Å²) in [5.74, 6) is -0.00836. The lowest BCUT2D eigenvalue weighted by Gasteiger charge is -2.48. The zero-order valence-electron chi connectivity index (χ0n) is 31.4. The molecule has 0 radical (unpaired) electrons. The Kier molecular flexibility index (Phi) is 11.9. The zero-order valence-corrected chi connectivity index (χ0v) is 31.4. The van der Waals surface area contributed by atoms with Gasteiger partial charge in [-0.3, -0.25) is 4.79 Å². The first-order chi connectivity index (χ1) is 26.3. The van der Waals surface area contributed by atoms with Crippen LogP contribution in [-0.2, 0) is 21.4 Å². The van der Waals surface area contributed by atoms with Crippen LogP contribution in [0.25, 0.3) is 11.8 Å². The predicted octanol–water partition coefficient (Wildman–Crippen LogP) is 8.29. The highest BCUT2D eigenvalue weighted by molar-refractivity contribution is 5.73. The van der Waals surface area contributed by atoms with Gasteiger partial charge in [0, 0.05) is 22.5 Å². The molecule has 0 aliphatic heterocycles. The Labute approximate surface area is 319 Å². The molecule has 1 spiro atoms. The fourth-order valence-corrected chi connectivity index (χ4v) is 10.6. The van der Waals surface area contributed by atoms with Crippen LogP contribution in [0.1, 0.15) is 99.7 Å². The molecule has 0 unspecified atom stereocenters. The van der Waals surface area contributed by atoms with Gasteiger partial charge in [0.05, 0.1) is 12.5 Å². The number of aromatic hydroxyl groups is 1. The molecule has 284 valence electrons. The van der Waals surface area contributed by atoms with E-state index in [1.165, 1.54) is 11.1 Å². The second-order valence-electron chi connectivity index (χ2n) is 16.6. The first-order valence-electron chi connectivity index (χ1n) is 20.3. The summed E-state index contributed by atoms with van der Waals surface area (Å²) in [5.41, 5.74) is 3.84. The summed E-state index contributed by atoms with van der Waals surface area (Å²) in [6, 6.07) is 24.3. The average Bonchev–Trinajstić information content (AvgIpc) is 3.67. The number of aliphatic carboxylic acids is 1. The Hall–Kier alpha value is -4.42. The summed E-state index contributed by atoms with van der Waals surface area (Å²) in [5, 5.41) is 44.3. The molecule has 3 aromatic carbocycles. The number of aldehydes is 1. The van der Waals surface area contributed by atoms with Crippen LogP contribution in [0.15, 0.2) is 96.6 Å². The molecule has 54 heavy (non-hydrogen) atoms. The van der Waals surface area contributed by atoms with Crippen molar-refractivity contribution in [1.29, 1.82) is 0 Å². The third kappa shape index (κ3) is 8.00. The Morgan fingerprint density at radius 3 is 2.48 bits per heavy atom. The van der Waals surface area contributed by atoms with E-state index < -0.39 is 17.3 Å². The highest BCUT2D eigenvalue weighted by Gasteiger charge is 2.50. The number of aliphatic hydroxyl groups excluding tert-OH is 2. The van der Waals surface area contributed by atoms with Crippen molar-refractivity contribution in [3.63, 3.8) is 0 Å². The van der Waals surface area contributed by atoms with Gasteiger partial charge in [0.25, 0.3) is 0 Å². The van der Waals surface area contributed by atoms with E-state index in [1.54, 1.807) is 12.1 Å². The van der Waals surface area contributed by atoms with E-state index in [0.717, 1.165) is 98.5 Å². The monoisotopic (exact) mass is 728 g/mol. The first-order valence-corrected chi connectivity index (χ1v) is 20.3. The lowest BCUT2D eigenvalue weighted by Crippen LogP contribution is -2.48. The molecule has 1 saturated carbocycles. The van der Waals surface area contributed by atoms with E-state index in [1.807, 2.05) is 18.2 Å². The molecule has 8 atom stereocenters. The minimum atomic E-state index is -0.784. The Bertz CT molecular complexity index is 1980. The number of carbonyl (C=O) groups excluding carboxylic acids is 1. The minimum Gasteiger partial charge on any atom is -0.511 e. The molecular formula is C48H56O6. The van der Waals surface area contributed by atoms with E-state index in [-0.39, 0.29) is 41.9 Å². The van der Waals surface area contributed by atoms with Crippen LogP contribution >= 0.6 is 0 Å². The molecule has 0 amide bonds. The number of carbonyl (C=O) groups is 2. The third-order valence-electron chi connectivity index (χ3n) is 13.6. The molecular weight excluding hydrogens is 673 g/mol. The number of carboxylic acid groups (broad SMARTS) is 1. The third-order valence-corrected chi connectivity index (χ3v) is 13.6. The molecule has 1 fully saturated rings. The standard InChI is InChI=1S/C48H56O6/c49-30-33-17-18-36(25-33)39(31-50)13-3-1-2-10-34-11-5-7-16-45(47(53)54)48(24-23-38-28-37-12-4-6-15-42(37)46(52)44(38)29-48)40-14-8-9-32(26-40)27-43(34)35-19-21-41(51)22-20-35/h4-9,12,14-15,19-22,25-26,28,31,34,36,38-39,43-45,49,51-52H,1-3,10-11,13,16-18,23-24,27,29-30H2,(H,53,54)/t34-,36+,38+,39+,43+,44-,45-,48+/m0/s1. The SMILES string of the molecule is O=C[C@@H](CCCCC[C@H]1CC=CC[C@@H](C(=O)O)[C@@]2(CC[C@@H]3C=c4ccccc4=C(O)[C@H]3C2)c2cccc(c2)C[C@H]1c1ccc(O)cc1)[C@H]1C=C(CO)CC1. The van der Waals surface area contributed by atoms with Gasteiger partial charge < -0.3 is 25.2 Å². The van der Waals surface area contributed by atoms with Gasteiger partial charge >= 0.3 is 5.97 Å². The van der Waals surface area contributed by atoms with Gasteiger partial charge in [-0.15, -0.1) is 0 Å². The maximum Gasteiger partial charge on any atom is 0.307 e. The van der Waals surface area contributed by atoms with Crippen molar-refractivity contribution in [1.82, 2.24) is 0 Å². The normalized spacial score (nSPS) is 28.5. The number of phenols is 1. The molecule has 0 heterocycles. The first kappa shape index (κ1) is 37.9. The zero-order chi connectivity index (χ0) is 37.7. The van der Waals surface area contributed by atoms with Gasteiger partial charge in [-0.2, -0.15) is 0 Å². The molecule has 3 aromatic rings. The molecule has 4 N–H and O–H groups in total. The van der Waals surface area contributed by atoms with Gasteiger partial charge in [0.1, 0.15) is 17.8 Å². The quantitative estimate of drug-likeness (QED) is 0.0898. The number of carboxylic acids is 1. The summed E-state index contributed by atoms with van der Waals surface area (Å²) >= 11 is 0. The van der Waals surface area contributed by atoms with Crippen molar-refractivity contribution >= 4 is 24.1 Å². The van der Waals surface area contributed by atoms with E-state index in [2.05, 4.69) is 66.8 Å². The number of hydrogen-bond donors (Lipinski definition) is 4. The lowest BCUT2D eigenvalue weighted by atomic mass is 9.55. The summed E-state index contributed by atoms with van der Waals surface area (Å²) in [7, 11) is 0. The Balaban J connectivity index is 1.16. The second kappa shape index (κ2) is 16.9. The van der Waals surface area contributed by atoms with Crippen molar-refractivity contribution < 1.29 is 30.0 Å². The maximum atomic E-state index is 13.3. The fraction of sp³-hybridized carbons (Fsp3) is 0.458. The van der Waals surface area contributed by atoms with Gasteiger partial charge in [0.15, 0.2) is 0 Å². The number of unbranched alkanes of at least 4 members (excludes halogenated alkanes) is 2. The van der Waals surface area contributed by atoms with Crippen LogP contribution in [0.2, 0.25) is 0 Å². The van der Waals surface area contributed by atoms with E-state index in [0.29, 0.717) is 24.5 Å². The number of allylic oxidation sites excluding steroid dienone is 3. The maximum absolute atomic E-state index is 13.3. The van der Waals surface area contributed by atoms with Crippen LogP contribution in [0.5, 0.6) is 5.75 Å². The van der Waals surface area contributed by atoms with Gasteiger partial charge in [-0.05, 0) is 127 Å². The Morgan fingerprint density at radius 1 is 0.889 bits per heavy atom. The predicted molar refractivity (Wildman–Crippen MR) is 213 cm³/mol. The number of rotatable bonds is 11. The van der Waals surface area contributed by atoms with Gasteiger partial charge in [-0.1, -0.05) is 104 Å². The minimum absolute atomic E-state index is 0.00443. The van der Waals surface area contributed by atoms with Crippen LogP contribution in [0, 0.1) is 35.5 Å². The number of fused-ring (bicyclic) bond motifs is 5. The van der Waals surface area contributed by atoms with E-state index >= 15 is 0 Å². The van der Waals surface area contributed by atoms with Crippen LogP contribution in [0.3, 0.4) is 0 Å². The summed E-state index contributed by atoms with van der Waals surface area (Å²) in [6.45, 7) is 0.0841. The Morgan fingerprint density at radius 2 is 1.70 bits per heavy atom.